The largest absolute Gasteiger partial charge is 0.399 e. The van der Waals surface area contributed by atoms with Crippen LogP contribution in [0.4, 0.5) is 11.4 Å². The molecule has 0 spiro atoms. The molecule has 0 unspecified atom stereocenters. The molecule has 4 rings (SSSR count). The van der Waals surface area contributed by atoms with Crippen LogP contribution in [0.3, 0.4) is 0 Å². The highest BCUT2D eigenvalue weighted by molar-refractivity contribution is 5.55. The summed E-state index contributed by atoms with van der Waals surface area (Å²) in [5.41, 5.74) is 14.8. The Hall–Kier alpha value is -1.52. The number of nitrogen functional groups attached to an aromatic ring is 2. The predicted molar refractivity (Wildman–Crippen MR) is 115 cm³/mol. The maximum atomic E-state index is 6.07. The van der Waals surface area contributed by atoms with E-state index in [0.717, 1.165) is 24.6 Å². The van der Waals surface area contributed by atoms with Gasteiger partial charge in [0.2, 0.25) is 0 Å². The molecule has 0 atom stereocenters. The van der Waals surface area contributed by atoms with Crippen LogP contribution in [0, 0.1) is 17.8 Å². The molecule has 0 aromatic heterocycles. The van der Waals surface area contributed by atoms with Gasteiger partial charge in [0.05, 0.1) is 13.2 Å². The first-order chi connectivity index (χ1) is 13.7. The molecule has 1 heterocycles. The van der Waals surface area contributed by atoms with E-state index in [2.05, 4.69) is 24.3 Å². The first kappa shape index (κ1) is 19.8. The Morgan fingerprint density at radius 2 is 1.32 bits per heavy atom. The fraction of sp³-hybridized carbons (Fsp3) is 0.667. The number of rotatable bonds is 4. The van der Waals surface area contributed by atoms with Crippen molar-refractivity contribution in [3.8, 4) is 0 Å². The Bertz CT molecular complexity index is 632. The molecule has 1 aromatic carbocycles. The summed E-state index contributed by atoms with van der Waals surface area (Å²) in [4.78, 5) is 0. The molecule has 0 bridgehead atoms. The molecule has 0 radical (unpaired) electrons. The third-order valence-electron chi connectivity index (χ3n) is 6.88. The summed E-state index contributed by atoms with van der Waals surface area (Å²) < 4.78 is 12.1. The molecule has 1 aliphatic heterocycles. The lowest BCUT2D eigenvalue weighted by Gasteiger charge is -2.35. The normalized spacial score (nSPS) is 32.6. The first-order valence-electron chi connectivity index (χ1n) is 11.2. The molecule has 4 N–H and O–H groups in total. The van der Waals surface area contributed by atoms with Crippen molar-refractivity contribution in [1.82, 2.24) is 0 Å². The standard InChI is InChI=1S/C24H36N2O2/c25-22-12-21(13-23(26)14-22)19-10-8-17(9-11-19)6-7-18-15-27-24(28-16-18)20-4-2-1-3-5-20/h6-7,12-14,17-20,24H,1-5,8-11,15-16,25-26H2/b7-6+. The zero-order valence-corrected chi connectivity index (χ0v) is 17.0. The highest BCUT2D eigenvalue weighted by Gasteiger charge is 2.29. The number of allylic oxidation sites excluding steroid dienone is 1. The van der Waals surface area contributed by atoms with Crippen LogP contribution in [0.25, 0.3) is 0 Å². The second-order valence-corrected chi connectivity index (χ2v) is 9.12. The quantitative estimate of drug-likeness (QED) is 0.549. The van der Waals surface area contributed by atoms with Crippen LogP contribution in [0.5, 0.6) is 0 Å². The van der Waals surface area contributed by atoms with E-state index in [9.17, 15) is 0 Å². The zero-order chi connectivity index (χ0) is 19.3. The number of benzene rings is 1. The van der Waals surface area contributed by atoms with Gasteiger partial charge in [-0.05, 0) is 74.1 Å². The van der Waals surface area contributed by atoms with Crippen LogP contribution in [-0.4, -0.2) is 19.5 Å². The van der Waals surface area contributed by atoms with Gasteiger partial charge in [0.25, 0.3) is 0 Å². The van der Waals surface area contributed by atoms with Crippen molar-refractivity contribution in [2.45, 2.75) is 70.0 Å². The van der Waals surface area contributed by atoms with Gasteiger partial charge in [-0.25, -0.2) is 0 Å². The van der Waals surface area contributed by atoms with Crippen molar-refractivity contribution in [1.29, 1.82) is 0 Å². The average molecular weight is 385 g/mol. The predicted octanol–water partition coefficient (Wildman–Crippen LogP) is 5.25. The van der Waals surface area contributed by atoms with Crippen molar-refractivity contribution in [3.05, 3.63) is 35.9 Å². The fourth-order valence-electron chi connectivity index (χ4n) is 5.22. The van der Waals surface area contributed by atoms with Gasteiger partial charge in [-0.2, -0.15) is 0 Å². The van der Waals surface area contributed by atoms with Crippen LogP contribution in [0.2, 0.25) is 0 Å². The summed E-state index contributed by atoms with van der Waals surface area (Å²) in [6.45, 7) is 1.63. The van der Waals surface area contributed by atoms with Gasteiger partial charge in [-0.1, -0.05) is 31.4 Å². The van der Waals surface area contributed by atoms with E-state index >= 15 is 0 Å². The molecule has 28 heavy (non-hydrogen) atoms. The third kappa shape index (κ3) is 5.09. The minimum Gasteiger partial charge on any atom is -0.399 e. The van der Waals surface area contributed by atoms with E-state index in [1.807, 2.05) is 6.07 Å². The van der Waals surface area contributed by atoms with Crippen molar-refractivity contribution in [2.75, 3.05) is 24.7 Å². The van der Waals surface area contributed by atoms with E-state index in [4.69, 9.17) is 20.9 Å². The average Bonchev–Trinajstić information content (AvgIpc) is 2.73. The number of hydrogen-bond acceptors (Lipinski definition) is 4. The first-order valence-corrected chi connectivity index (χ1v) is 11.2. The Balaban J connectivity index is 1.21. The summed E-state index contributed by atoms with van der Waals surface area (Å²) in [5.74, 6) is 2.29. The molecule has 4 nitrogen and oxygen atoms in total. The lowest BCUT2D eigenvalue weighted by Crippen LogP contribution is -2.37. The van der Waals surface area contributed by atoms with Crippen LogP contribution in [0.15, 0.2) is 30.4 Å². The van der Waals surface area contributed by atoms with E-state index in [1.54, 1.807) is 0 Å². The van der Waals surface area contributed by atoms with Crippen LogP contribution in [0.1, 0.15) is 69.3 Å². The van der Waals surface area contributed by atoms with Gasteiger partial charge in [0.1, 0.15) is 0 Å². The monoisotopic (exact) mass is 384 g/mol. The molecule has 3 fully saturated rings. The SMILES string of the molecule is Nc1cc(N)cc(C2CCC(/C=C/C3COC(C4CCCCC4)OC3)CC2)c1. The van der Waals surface area contributed by atoms with Gasteiger partial charge in [0.15, 0.2) is 6.29 Å². The van der Waals surface area contributed by atoms with Crippen LogP contribution < -0.4 is 11.5 Å². The molecule has 0 amide bonds. The van der Waals surface area contributed by atoms with E-state index in [1.165, 1.54) is 63.4 Å². The van der Waals surface area contributed by atoms with E-state index in [0.29, 0.717) is 23.7 Å². The van der Waals surface area contributed by atoms with Crippen molar-refractivity contribution < 1.29 is 9.47 Å². The molecule has 2 saturated carbocycles. The van der Waals surface area contributed by atoms with Crippen molar-refractivity contribution in [3.63, 3.8) is 0 Å². The topological polar surface area (TPSA) is 70.5 Å². The van der Waals surface area contributed by atoms with Gasteiger partial charge >= 0.3 is 0 Å². The summed E-state index contributed by atoms with van der Waals surface area (Å²) in [5, 5.41) is 0. The molecule has 4 heteroatoms. The number of nitrogens with two attached hydrogens (primary N) is 2. The maximum absolute atomic E-state index is 6.07. The Kier molecular flexibility index (Phi) is 6.58. The molecule has 3 aliphatic rings. The van der Waals surface area contributed by atoms with E-state index < -0.39 is 0 Å². The van der Waals surface area contributed by atoms with Gasteiger partial charge in [-0.3, -0.25) is 0 Å². The minimum atomic E-state index is 0.0473. The second-order valence-electron chi connectivity index (χ2n) is 9.12. The van der Waals surface area contributed by atoms with Crippen molar-refractivity contribution >= 4 is 11.4 Å². The van der Waals surface area contributed by atoms with Gasteiger partial charge in [0, 0.05) is 23.2 Å². The number of anilines is 2. The van der Waals surface area contributed by atoms with Gasteiger partial charge < -0.3 is 20.9 Å². The smallest absolute Gasteiger partial charge is 0.160 e. The Morgan fingerprint density at radius 3 is 1.96 bits per heavy atom. The molecule has 1 aromatic rings. The highest BCUT2D eigenvalue weighted by Crippen LogP contribution is 2.38. The lowest BCUT2D eigenvalue weighted by molar-refractivity contribution is -0.221. The maximum Gasteiger partial charge on any atom is 0.160 e. The molecular weight excluding hydrogens is 348 g/mol. The zero-order valence-electron chi connectivity index (χ0n) is 17.0. The Morgan fingerprint density at radius 1 is 0.714 bits per heavy atom. The molecule has 154 valence electrons. The summed E-state index contributed by atoms with van der Waals surface area (Å²) in [7, 11) is 0. The number of hydrogen-bond donors (Lipinski definition) is 2. The second kappa shape index (κ2) is 9.32. The minimum absolute atomic E-state index is 0.0473. The highest BCUT2D eigenvalue weighted by atomic mass is 16.7. The molecule has 1 saturated heterocycles. The summed E-state index contributed by atoms with van der Waals surface area (Å²) in [6.07, 6.45) is 16.3. The molecule has 2 aliphatic carbocycles. The third-order valence-corrected chi connectivity index (χ3v) is 6.88. The number of ether oxygens (including phenoxy) is 2. The van der Waals surface area contributed by atoms with Crippen LogP contribution >= 0.6 is 0 Å². The summed E-state index contributed by atoms with van der Waals surface area (Å²) in [6, 6.07) is 6.03. The molecular formula is C24H36N2O2. The van der Waals surface area contributed by atoms with E-state index in [-0.39, 0.29) is 6.29 Å². The van der Waals surface area contributed by atoms with Gasteiger partial charge in [-0.15, -0.1) is 0 Å². The van der Waals surface area contributed by atoms with Crippen LogP contribution in [-0.2, 0) is 9.47 Å². The van der Waals surface area contributed by atoms with Crippen molar-refractivity contribution in [2.24, 2.45) is 17.8 Å². The summed E-state index contributed by atoms with van der Waals surface area (Å²) >= 11 is 0. The Labute approximate surface area is 169 Å². The fourth-order valence-corrected chi connectivity index (χ4v) is 5.22. The lowest BCUT2D eigenvalue weighted by atomic mass is 9.78.